The zero-order chi connectivity index (χ0) is 20.3. The quantitative estimate of drug-likeness (QED) is 0.726. The Hall–Kier alpha value is -3.70. The van der Waals surface area contributed by atoms with Crippen LogP contribution >= 0.6 is 0 Å². The highest BCUT2D eigenvalue weighted by molar-refractivity contribution is 5.83. The molecule has 2 aromatic heterocycles. The molecule has 146 valence electrons. The van der Waals surface area contributed by atoms with Crippen LogP contribution in [0.25, 0.3) is 0 Å². The highest BCUT2D eigenvalue weighted by atomic mass is 19.4. The van der Waals surface area contributed by atoms with Gasteiger partial charge in [0.25, 0.3) is 11.5 Å². The van der Waals surface area contributed by atoms with Crippen LogP contribution in [-0.4, -0.2) is 30.9 Å². The van der Waals surface area contributed by atoms with Crippen LogP contribution in [0.15, 0.2) is 47.3 Å². The van der Waals surface area contributed by atoms with Crippen molar-refractivity contribution in [1.29, 1.82) is 0 Å². The summed E-state index contributed by atoms with van der Waals surface area (Å²) in [7, 11) is 1.46. The Bertz CT molecular complexity index is 1050. The number of carbonyl (C=O) groups is 1. The smallest absolute Gasteiger partial charge is 0.393 e. The number of hydrogen-bond donors (Lipinski definition) is 1. The van der Waals surface area contributed by atoms with Crippen molar-refractivity contribution in [1.82, 2.24) is 24.8 Å². The van der Waals surface area contributed by atoms with Crippen LogP contribution in [0.4, 0.5) is 23.9 Å². The molecule has 0 unspecified atom stereocenters. The van der Waals surface area contributed by atoms with Gasteiger partial charge in [0.1, 0.15) is 5.56 Å². The summed E-state index contributed by atoms with van der Waals surface area (Å²) in [5, 5.41) is 12.6. The summed E-state index contributed by atoms with van der Waals surface area (Å²) in [6.07, 6.45) is -5.92. The van der Waals surface area contributed by atoms with Crippen LogP contribution in [0, 0.1) is 0 Å². The van der Waals surface area contributed by atoms with E-state index in [1.807, 2.05) is 0 Å². The molecule has 3 aromatic rings. The van der Waals surface area contributed by atoms with Crippen molar-refractivity contribution in [2.45, 2.75) is 12.7 Å². The number of rotatable bonds is 4. The minimum Gasteiger partial charge on any atom is -0.393 e. The number of nitrogens with zero attached hydrogens (tertiary/aromatic N) is 5. The lowest BCUT2D eigenvalue weighted by Crippen LogP contribution is -2.31. The van der Waals surface area contributed by atoms with Gasteiger partial charge in [-0.15, -0.1) is 0 Å². The van der Waals surface area contributed by atoms with E-state index in [2.05, 4.69) is 20.8 Å². The van der Waals surface area contributed by atoms with E-state index in [4.69, 9.17) is 4.74 Å². The number of benzene rings is 1. The van der Waals surface area contributed by atoms with Crippen molar-refractivity contribution >= 4 is 12.0 Å². The summed E-state index contributed by atoms with van der Waals surface area (Å²) in [6, 6.07) is 9.78. The summed E-state index contributed by atoms with van der Waals surface area (Å²) in [5.74, 6) is -0.414. The van der Waals surface area contributed by atoms with Crippen molar-refractivity contribution < 1.29 is 22.7 Å². The van der Waals surface area contributed by atoms with Crippen LogP contribution < -0.4 is 15.6 Å². The molecule has 28 heavy (non-hydrogen) atoms. The Labute approximate surface area is 155 Å². The normalized spacial score (nSPS) is 11.3. The number of anilines is 1. The molecule has 12 heteroatoms. The molecule has 1 aromatic carbocycles. The van der Waals surface area contributed by atoms with Gasteiger partial charge in [-0.2, -0.15) is 13.2 Å². The number of aromatic nitrogens is 5. The SMILES string of the molecule is Cn1nnnc1NC(=O)Oc1ccc(C(F)(F)F)c(=O)n1Cc1ccccc1. The van der Waals surface area contributed by atoms with Crippen LogP contribution in [0.1, 0.15) is 11.1 Å². The molecule has 0 aliphatic heterocycles. The van der Waals surface area contributed by atoms with Crippen molar-refractivity contribution in [2.75, 3.05) is 5.32 Å². The Morgan fingerprint density at radius 3 is 2.50 bits per heavy atom. The maximum Gasteiger partial charge on any atom is 0.421 e. The highest BCUT2D eigenvalue weighted by Crippen LogP contribution is 2.28. The average molecular weight is 394 g/mol. The predicted octanol–water partition coefficient (Wildman–Crippen LogP) is 2.05. The van der Waals surface area contributed by atoms with Gasteiger partial charge in [-0.3, -0.25) is 14.7 Å². The molecule has 9 nitrogen and oxygen atoms in total. The summed E-state index contributed by atoms with van der Waals surface area (Å²) in [4.78, 5) is 24.4. The van der Waals surface area contributed by atoms with Gasteiger partial charge in [0.05, 0.1) is 6.54 Å². The van der Waals surface area contributed by atoms with E-state index in [0.29, 0.717) is 11.6 Å². The minimum absolute atomic E-state index is 0.0473. The lowest BCUT2D eigenvalue weighted by Gasteiger charge is -2.15. The monoisotopic (exact) mass is 394 g/mol. The number of ether oxygens (including phenoxy) is 1. The van der Waals surface area contributed by atoms with E-state index < -0.39 is 23.4 Å². The molecule has 3 rings (SSSR count). The third-order valence-corrected chi connectivity index (χ3v) is 3.65. The molecule has 0 spiro atoms. The van der Waals surface area contributed by atoms with Crippen LogP contribution in [-0.2, 0) is 19.8 Å². The molecule has 0 fully saturated rings. The van der Waals surface area contributed by atoms with Crippen molar-refractivity contribution in [2.24, 2.45) is 7.05 Å². The lowest BCUT2D eigenvalue weighted by atomic mass is 10.2. The molecule has 0 saturated heterocycles. The minimum atomic E-state index is -4.85. The van der Waals surface area contributed by atoms with Gasteiger partial charge in [0.2, 0.25) is 5.88 Å². The fourth-order valence-corrected chi connectivity index (χ4v) is 2.33. The summed E-state index contributed by atoms with van der Waals surface area (Å²) < 4.78 is 46.2. The number of nitrogens with one attached hydrogen (secondary N) is 1. The molecular weight excluding hydrogens is 381 g/mol. The number of tetrazole rings is 1. The maximum absolute atomic E-state index is 13.1. The molecule has 0 atom stereocenters. The molecule has 0 bridgehead atoms. The van der Waals surface area contributed by atoms with Crippen LogP contribution in [0.2, 0.25) is 0 Å². The first-order valence-corrected chi connectivity index (χ1v) is 7.82. The summed E-state index contributed by atoms with van der Waals surface area (Å²) in [6.45, 7) is -0.224. The fraction of sp³-hybridized carbons (Fsp3) is 0.188. The number of amides is 1. The molecule has 1 amide bonds. The second kappa shape index (κ2) is 7.50. The van der Waals surface area contributed by atoms with E-state index >= 15 is 0 Å². The molecule has 1 N–H and O–H groups in total. The molecule has 0 radical (unpaired) electrons. The first-order chi connectivity index (χ1) is 13.3. The van der Waals surface area contributed by atoms with Crippen LogP contribution in [0.5, 0.6) is 5.88 Å². The van der Waals surface area contributed by atoms with Crippen molar-refractivity contribution in [3.05, 3.63) is 63.9 Å². The molecule has 2 heterocycles. The number of halogens is 3. The first kappa shape index (κ1) is 19.1. The lowest BCUT2D eigenvalue weighted by molar-refractivity contribution is -0.139. The Morgan fingerprint density at radius 1 is 1.18 bits per heavy atom. The number of pyridine rings is 1. The predicted molar refractivity (Wildman–Crippen MR) is 89.7 cm³/mol. The second-order valence-electron chi connectivity index (χ2n) is 5.60. The van der Waals surface area contributed by atoms with Gasteiger partial charge in [-0.05, 0) is 22.1 Å². The second-order valence-corrected chi connectivity index (χ2v) is 5.60. The van der Waals surface area contributed by atoms with E-state index in [-0.39, 0.29) is 18.4 Å². The number of hydrogen-bond acceptors (Lipinski definition) is 6. The standard InChI is InChI=1S/C16H13F3N6O3/c1-24-14(21-22-23-24)20-15(27)28-12-8-7-11(16(17,18)19)13(26)25(12)9-10-5-3-2-4-6-10/h2-8H,9H2,1H3,(H,20,21,23,27). The summed E-state index contributed by atoms with van der Waals surface area (Å²) in [5.41, 5.74) is -2.15. The maximum atomic E-state index is 13.1. The van der Waals surface area contributed by atoms with E-state index in [0.717, 1.165) is 15.3 Å². The van der Waals surface area contributed by atoms with Crippen LogP contribution in [0.3, 0.4) is 0 Å². The number of aryl methyl sites for hydroxylation is 1. The van der Waals surface area contributed by atoms with Crippen molar-refractivity contribution in [3.8, 4) is 5.88 Å². The Balaban J connectivity index is 1.95. The number of alkyl halides is 3. The molecule has 0 aliphatic carbocycles. The zero-order valence-electron chi connectivity index (χ0n) is 14.3. The van der Waals surface area contributed by atoms with E-state index in [1.165, 1.54) is 7.05 Å². The third kappa shape index (κ3) is 4.16. The zero-order valence-corrected chi connectivity index (χ0v) is 14.3. The Kier molecular flexibility index (Phi) is 5.11. The van der Waals surface area contributed by atoms with Crippen molar-refractivity contribution in [3.63, 3.8) is 0 Å². The van der Waals surface area contributed by atoms with Gasteiger partial charge in [0, 0.05) is 13.1 Å². The fourth-order valence-electron chi connectivity index (χ4n) is 2.33. The molecule has 0 saturated carbocycles. The largest absolute Gasteiger partial charge is 0.421 e. The highest BCUT2D eigenvalue weighted by Gasteiger charge is 2.35. The van der Waals surface area contributed by atoms with Gasteiger partial charge < -0.3 is 4.74 Å². The third-order valence-electron chi connectivity index (χ3n) is 3.65. The van der Waals surface area contributed by atoms with Gasteiger partial charge in [0.15, 0.2) is 0 Å². The Morgan fingerprint density at radius 2 is 1.89 bits per heavy atom. The van der Waals surface area contributed by atoms with Gasteiger partial charge >= 0.3 is 12.3 Å². The number of carbonyl (C=O) groups excluding carboxylic acids is 1. The van der Waals surface area contributed by atoms with Gasteiger partial charge in [-0.1, -0.05) is 35.4 Å². The van der Waals surface area contributed by atoms with Gasteiger partial charge in [-0.25, -0.2) is 9.48 Å². The molecular formula is C16H13F3N6O3. The topological polar surface area (TPSA) is 104 Å². The van der Waals surface area contributed by atoms with E-state index in [9.17, 15) is 22.8 Å². The average Bonchev–Trinajstić information content (AvgIpc) is 3.02. The van der Waals surface area contributed by atoms with E-state index in [1.54, 1.807) is 30.3 Å². The summed E-state index contributed by atoms with van der Waals surface area (Å²) >= 11 is 0. The molecule has 0 aliphatic rings. The first-order valence-electron chi connectivity index (χ1n) is 7.82.